The highest BCUT2D eigenvalue weighted by Crippen LogP contribution is 2.31. The van der Waals surface area contributed by atoms with Gasteiger partial charge in [0, 0.05) is 32.4 Å². The number of hydrogen-bond donors (Lipinski definition) is 1. The summed E-state index contributed by atoms with van der Waals surface area (Å²) >= 11 is 3.59. The summed E-state index contributed by atoms with van der Waals surface area (Å²) in [6.45, 7) is 3.27. The molecule has 144 valence electrons. The average Bonchev–Trinajstić information content (AvgIpc) is 3.25. The Bertz CT molecular complexity index is 759. The summed E-state index contributed by atoms with van der Waals surface area (Å²) in [5, 5.41) is 3.27. The molecule has 0 aromatic carbocycles. The molecule has 1 N–H and O–H groups in total. The van der Waals surface area contributed by atoms with Crippen LogP contribution in [-0.4, -0.2) is 54.3 Å². The Hall–Kier alpha value is -1.93. The molecule has 2 aliphatic rings. The third-order valence-corrected chi connectivity index (χ3v) is 5.83. The van der Waals surface area contributed by atoms with E-state index in [1.165, 1.54) is 25.7 Å². The number of hydrogen-bond acceptors (Lipinski definition) is 7. The first kappa shape index (κ1) is 18.4. The lowest BCUT2D eigenvalue weighted by atomic mass is 10.2. The molecule has 27 heavy (non-hydrogen) atoms. The lowest BCUT2D eigenvalue weighted by Crippen LogP contribution is -2.36. The molecule has 1 saturated carbocycles. The molecule has 3 heterocycles. The van der Waals surface area contributed by atoms with Crippen LogP contribution < -0.4 is 15.1 Å². The zero-order chi connectivity index (χ0) is 18.6. The van der Waals surface area contributed by atoms with Crippen molar-refractivity contribution in [2.45, 2.75) is 31.7 Å². The zero-order valence-corrected chi connectivity index (χ0v) is 17.2. The Labute approximate surface area is 168 Å². The summed E-state index contributed by atoms with van der Waals surface area (Å²) in [5.74, 6) is 2.48. The van der Waals surface area contributed by atoms with Gasteiger partial charge in [-0.3, -0.25) is 0 Å². The second-order valence-electron chi connectivity index (χ2n) is 7.04. The molecule has 1 aliphatic heterocycles. The third-order valence-electron chi connectivity index (χ3n) is 5.27. The lowest BCUT2D eigenvalue weighted by Gasteiger charge is -2.27. The van der Waals surface area contributed by atoms with E-state index in [2.05, 4.69) is 48.1 Å². The van der Waals surface area contributed by atoms with Crippen molar-refractivity contribution in [3.05, 3.63) is 29.0 Å². The van der Waals surface area contributed by atoms with Crippen molar-refractivity contribution >= 4 is 39.2 Å². The molecule has 0 atom stereocenters. The second kappa shape index (κ2) is 8.39. The largest absolute Gasteiger partial charge is 0.378 e. The van der Waals surface area contributed by atoms with Crippen LogP contribution >= 0.6 is 15.9 Å². The molecule has 1 aliphatic carbocycles. The fourth-order valence-electron chi connectivity index (χ4n) is 3.70. The van der Waals surface area contributed by atoms with Gasteiger partial charge in [-0.1, -0.05) is 12.8 Å². The third kappa shape index (κ3) is 4.32. The van der Waals surface area contributed by atoms with E-state index in [1.807, 2.05) is 24.5 Å². The smallest absolute Gasteiger partial charge is 0.229 e. The van der Waals surface area contributed by atoms with Crippen LogP contribution in [0.5, 0.6) is 0 Å². The molecule has 0 spiro atoms. The first-order chi connectivity index (χ1) is 13.2. The van der Waals surface area contributed by atoms with Crippen molar-refractivity contribution in [2.24, 2.45) is 0 Å². The van der Waals surface area contributed by atoms with E-state index < -0.39 is 0 Å². The standard InChI is InChI=1S/C19H25BrN6O/c1-25(15-4-2-3-5-15)18-16(20)13-22-19(24-18)23-14-6-7-17(21-12-14)26-8-10-27-11-9-26/h6-7,12-13,15H,2-5,8-11H2,1H3,(H,22,23,24). The topological polar surface area (TPSA) is 66.4 Å². The molecule has 4 rings (SSSR count). The maximum Gasteiger partial charge on any atom is 0.229 e. The van der Waals surface area contributed by atoms with Gasteiger partial charge in [0.25, 0.3) is 0 Å². The Kier molecular flexibility index (Phi) is 5.73. The molecule has 0 unspecified atom stereocenters. The van der Waals surface area contributed by atoms with Gasteiger partial charge in [0.15, 0.2) is 0 Å². The predicted octanol–water partition coefficient (Wildman–Crippen LogP) is 3.59. The van der Waals surface area contributed by atoms with Gasteiger partial charge in [0.1, 0.15) is 11.6 Å². The molecule has 0 radical (unpaired) electrons. The maximum absolute atomic E-state index is 5.39. The number of anilines is 4. The number of halogens is 1. The van der Waals surface area contributed by atoms with E-state index in [0.29, 0.717) is 12.0 Å². The number of pyridine rings is 1. The summed E-state index contributed by atoms with van der Waals surface area (Å²) in [5.41, 5.74) is 0.879. The highest BCUT2D eigenvalue weighted by atomic mass is 79.9. The van der Waals surface area contributed by atoms with Crippen LogP contribution in [0.25, 0.3) is 0 Å². The molecule has 1 saturated heterocycles. The molecule has 8 heteroatoms. The molecule has 0 amide bonds. The van der Waals surface area contributed by atoms with Crippen LogP contribution in [0.2, 0.25) is 0 Å². The van der Waals surface area contributed by atoms with Gasteiger partial charge >= 0.3 is 0 Å². The molecule has 2 aromatic rings. The van der Waals surface area contributed by atoms with E-state index >= 15 is 0 Å². The Morgan fingerprint density at radius 1 is 1.15 bits per heavy atom. The van der Waals surface area contributed by atoms with Gasteiger partial charge in [-0.2, -0.15) is 4.98 Å². The molecular formula is C19H25BrN6O. The number of aromatic nitrogens is 3. The van der Waals surface area contributed by atoms with Gasteiger partial charge < -0.3 is 19.9 Å². The Morgan fingerprint density at radius 3 is 2.63 bits per heavy atom. The van der Waals surface area contributed by atoms with E-state index in [1.54, 1.807) is 0 Å². The van der Waals surface area contributed by atoms with E-state index in [4.69, 9.17) is 9.72 Å². The van der Waals surface area contributed by atoms with Gasteiger partial charge in [0.05, 0.1) is 29.6 Å². The van der Waals surface area contributed by atoms with Crippen molar-refractivity contribution < 1.29 is 4.74 Å². The van der Waals surface area contributed by atoms with E-state index in [0.717, 1.165) is 48.1 Å². The Morgan fingerprint density at radius 2 is 1.93 bits per heavy atom. The fraction of sp³-hybridized carbons (Fsp3) is 0.526. The van der Waals surface area contributed by atoms with Gasteiger partial charge in [-0.15, -0.1) is 0 Å². The van der Waals surface area contributed by atoms with Crippen LogP contribution in [0, 0.1) is 0 Å². The van der Waals surface area contributed by atoms with E-state index in [9.17, 15) is 0 Å². The molecule has 2 aromatic heterocycles. The first-order valence-corrected chi connectivity index (χ1v) is 10.3. The second-order valence-corrected chi connectivity index (χ2v) is 7.90. The van der Waals surface area contributed by atoms with Crippen molar-refractivity contribution in [1.82, 2.24) is 15.0 Å². The van der Waals surface area contributed by atoms with Crippen LogP contribution in [-0.2, 0) is 4.74 Å². The van der Waals surface area contributed by atoms with Crippen LogP contribution in [0.3, 0.4) is 0 Å². The Balaban J connectivity index is 1.46. The SMILES string of the molecule is CN(c1nc(Nc2ccc(N3CCOCC3)nc2)ncc1Br)C1CCCC1. The zero-order valence-electron chi connectivity index (χ0n) is 15.6. The average molecular weight is 433 g/mol. The highest BCUT2D eigenvalue weighted by molar-refractivity contribution is 9.10. The maximum atomic E-state index is 5.39. The number of nitrogens with zero attached hydrogens (tertiary/aromatic N) is 5. The van der Waals surface area contributed by atoms with Gasteiger partial charge in [-0.25, -0.2) is 9.97 Å². The van der Waals surface area contributed by atoms with Crippen LogP contribution in [0.1, 0.15) is 25.7 Å². The van der Waals surface area contributed by atoms with Crippen LogP contribution in [0.4, 0.5) is 23.3 Å². The number of ether oxygens (including phenoxy) is 1. The number of nitrogens with one attached hydrogen (secondary N) is 1. The monoisotopic (exact) mass is 432 g/mol. The number of rotatable bonds is 5. The summed E-state index contributed by atoms with van der Waals surface area (Å²) < 4.78 is 6.31. The fourth-order valence-corrected chi connectivity index (χ4v) is 4.17. The quantitative estimate of drug-likeness (QED) is 0.773. The lowest BCUT2D eigenvalue weighted by molar-refractivity contribution is 0.122. The van der Waals surface area contributed by atoms with Crippen LogP contribution in [0.15, 0.2) is 29.0 Å². The first-order valence-electron chi connectivity index (χ1n) is 9.52. The minimum atomic E-state index is 0.554. The molecule has 7 nitrogen and oxygen atoms in total. The summed E-state index contributed by atoms with van der Waals surface area (Å²) in [7, 11) is 2.12. The minimum absolute atomic E-state index is 0.554. The van der Waals surface area contributed by atoms with Crippen molar-refractivity contribution in [1.29, 1.82) is 0 Å². The van der Waals surface area contributed by atoms with Crippen molar-refractivity contribution in [3.8, 4) is 0 Å². The summed E-state index contributed by atoms with van der Waals surface area (Å²) in [6.07, 6.45) is 8.68. The predicted molar refractivity (Wildman–Crippen MR) is 111 cm³/mol. The molecular weight excluding hydrogens is 408 g/mol. The minimum Gasteiger partial charge on any atom is -0.378 e. The van der Waals surface area contributed by atoms with Gasteiger partial charge in [-0.05, 0) is 40.9 Å². The summed E-state index contributed by atoms with van der Waals surface area (Å²) in [4.78, 5) is 18.2. The summed E-state index contributed by atoms with van der Waals surface area (Å²) in [6, 6.07) is 4.60. The van der Waals surface area contributed by atoms with Crippen molar-refractivity contribution in [2.75, 3.05) is 48.5 Å². The number of morpholine rings is 1. The van der Waals surface area contributed by atoms with Gasteiger partial charge in [0.2, 0.25) is 5.95 Å². The molecule has 0 bridgehead atoms. The van der Waals surface area contributed by atoms with E-state index in [-0.39, 0.29) is 0 Å². The van der Waals surface area contributed by atoms with Crippen molar-refractivity contribution in [3.63, 3.8) is 0 Å². The normalized spacial score (nSPS) is 17.9. The molecule has 2 fully saturated rings. The highest BCUT2D eigenvalue weighted by Gasteiger charge is 2.22.